The minimum Gasteiger partial charge on any atom is -0.352 e. The molecular formula is C22H35N3O4S. The summed E-state index contributed by atoms with van der Waals surface area (Å²) in [6, 6.07) is 6.56. The third kappa shape index (κ3) is 5.82. The van der Waals surface area contributed by atoms with Gasteiger partial charge in [0.15, 0.2) is 0 Å². The van der Waals surface area contributed by atoms with Crippen molar-refractivity contribution in [3.8, 4) is 0 Å². The minimum absolute atomic E-state index is 0.00299. The standard InChI is InChI=1S/C22H35N3O4S/c1-6-17(5)23-22(27)20(24-21(26)19-10-8-7-9-16(19)4)18-11-13-25(14-12-18)30(28,29)15(2)3/h7-10,15,17-18,20H,6,11-14H2,1-5H3,(H,23,27)(H,24,26)/t17-,20-/m0/s1. The zero-order valence-corrected chi connectivity index (χ0v) is 19.5. The smallest absolute Gasteiger partial charge is 0.252 e. The van der Waals surface area contributed by atoms with E-state index in [-0.39, 0.29) is 23.8 Å². The molecule has 7 nitrogen and oxygen atoms in total. The summed E-state index contributed by atoms with van der Waals surface area (Å²) in [5.74, 6) is -0.619. The van der Waals surface area contributed by atoms with E-state index in [0.717, 1.165) is 12.0 Å². The summed E-state index contributed by atoms with van der Waals surface area (Å²) in [5, 5.41) is 5.43. The van der Waals surface area contributed by atoms with E-state index in [1.54, 1.807) is 26.0 Å². The van der Waals surface area contributed by atoms with Crippen LogP contribution in [0.5, 0.6) is 0 Å². The number of carbonyl (C=O) groups excluding carboxylic acids is 2. The molecular weight excluding hydrogens is 402 g/mol. The lowest BCUT2D eigenvalue weighted by Crippen LogP contribution is -2.55. The fourth-order valence-corrected chi connectivity index (χ4v) is 4.96. The van der Waals surface area contributed by atoms with E-state index in [4.69, 9.17) is 0 Å². The van der Waals surface area contributed by atoms with Crippen molar-refractivity contribution in [1.82, 2.24) is 14.9 Å². The molecule has 1 aliphatic rings. The van der Waals surface area contributed by atoms with Crippen molar-refractivity contribution in [2.45, 2.75) is 71.2 Å². The molecule has 0 unspecified atom stereocenters. The molecule has 0 radical (unpaired) electrons. The van der Waals surface area contributed by atoms with Crippen LogP contribution in [0.2, 0.25) is 0 Å². The topological polar surface area (TPSA) is 95.6 Å². The van der Waals surface area contributed by atoms with Crippen LogP contribution in [0.4, 0.5) is 0 Å². The molecule has 1 aromatic carbocycles. The Bertz CT molecular complexity index is 846. The number of sulfonamides is 1. The largest absolute Gasteiger partial charge is 0.352 e. The van der Waals surface area contributed by atoms with Crippen molar-refractivity contribution in [2.24, 2.45) is 5.92 Å². The van der Waals surface area contributed by atoms with Gasteiger partial charge in [-0.15, -0.1) is 0 Å². The van der Waals surface area contributed by atoms with Crippen LogP contribution in [0.15, 0.2) is 24.3 Å². The second-order valence-electron chi connectivity index (χ2n) is 8.41. The van der Waals surface area contributed by atoms with E-state index in [2.05, 4.69) is 10.6 Å². The van der Waals surface area contributed by atoms with Crippen LogP contribution in [0.1, 0.15) is 62.9 Å². The quantitative estimate of drug-likeness (QED) is 0.653. The first kappa shape index (κ1) is 24.3. The number of hydrogen-bond acceptors (Lipinski definition) is 4. The Morgan fingerprint density at radius 2 is 1.70 bits per heavy atom. The molecule has 2 rings (SSSR count). The van der Waals surface area contributed by atoms with Crippen LogP contribution < -0.4 is 10.6 Å². The van der Waals surface area contributed by atoms with Crippen molar-refractivity contribution in [3.63, 3.8) is 0 Å². The van der Waals surface area contributed by atoms with Gasteiger partial charge >= 0.3 is 0 Å². The third-order valence-corrected chi connectivity index (χ3v) is 8.16. The molecule has 1 aliphatic heterocycles. The molecule has 1 fully saturated rings. The van der Waals surface area contributed by atoms with Gasteiger partial charge in [-0.1, -0.05) is 25.1 Å². The molecule has 1 heterocycles. The van der Waals surface area contributed by atoms with Crippen molar-refractivity contribution >= 4 is 21.8 Å². The van der Waals surface area contributed by atoms with Crippen molar-refractivity contribution < 1.29 is 18.0 Å². The molecule has 0 aromatic heterocycles. The van der Waals surface area contributed by atoms with Crippen LogP contribution in [0, 0.1) is 12.8 Å². The van der Waals surface area contributed by atoms with Crippen LogP contribution in [-0.2, 0) is 14.8 Å². The minimum atomic E-state index is -3.32. The normalized spacial score (nSPS) is 18.1. The number of piperidine rings is 1. The first-order valence-corrected chi connectivity index (χ1v) is 12.2. The van der Waals surface area contributed by atoms with Gasteiger partial charge in [-0.25, -0.2) is 12.7 Å². The highest BCUT2D eigenvalue weighted by Crippen LogP contribution is 2.25. The van der Waals surface area contributed by atoms with E-state index in [1.165, 1.54) is 4.31 Å². The van der Waals surface area contributed by atoms with Gasteiger partial charge in [-0.2, -0.15) is 0 Å². The molecule has 2 amide bonds. The molecule has 30 heavy (non-hydrogen) atoms. The summed E-state index contributed by atoms with van der Waals surface area (Å²) in [5.41, 5.74) is 1.38. The number of nitrogens with one attached hydrogen (secondary N) is 2. The molecule has 0 aliphatic carbocycles. The lowest BCUT2D eigenvalue weighted by atomic mass is 9.89. The second kappa shape index (κ2) is 10.4. The SMILES string of the molecule is CC[C@H](C)NC(=O)[C@@H](NC(=O)c1ccccc1C)C1CCN(S(=O)(=O)C(C)C)CC1. The van der Waals surface area contributed by atoms with Crippen LogP contribution in [0.25, 0.3) is 0 Å². The van der Waals surface area contributed by atoms with E-state index < -0.39 is 21.3 Å². The lowest BCUT2D eigenvalue weighted by molar-refractivity contribution is -0.125. The van der Waals surface area contributed by atoms with E-state index in [0.29, 0.717) is 31.5 Å². The van der Waals surface area contributed by atoms with Crippen LogP contribution in [-0.4, -0.2) is 55.0 Å². The molecule has 0 spiro atoms. The van der Waals surface area contributed by atoms with Gasteiger partial charge in [0, 0.05) is 24.7 Å². The predicted molar refractivity (Wildman–Crippen MR) is 119 cm³/mol. The highest BCUT2D eigenvalue weighted by molar-refractivity contribution is 7.89. The average molecular weight is 438 g/mol. The van der Waals surface area contributed by atoms with Gasteiger partial charge in [0.05, 0.1) is 5.25 Å². The van der Waals surface area contributed by atoms with Gasteiger partial charge in [0.1, 0.15) is 6.04 Å². The number of hydrogen-bond donors (Lipinski definition) is 2. The highest BCUT2D eigenvalue weighted by Gasteiger charge is 2.37. The number of benzene rings is 1. The van der Waals surface area contributed by atoms with E-state index in [1.807, 2.05) is 32.9 Å². The van der Waals surface area contributed by atoms with Crippen molar-refractivity contribution in [2.75, 3.05) is 13.1 Å². The molecule has 1 aromatic rings. The van der Waals surface area contributed by atoms with Gasteiger partial charge in [0.25, 0.3) is 5.91 Å². The zero-order chi connectivity index (χ0) is 22.5. The Morgan fingerprint density at radius 3 is 2.23 bits per heavy atom. The average Bonchev–Trinajstić information content (AvgIpc) is 2.71. The lowest BCUT2D eigenvalue weighted by Gasteiger charge is -2.36. The molecule has 1 saturated heterocycles. The first-order valence-electron chi connectivity index (χ1n) is 10.7. The number of aryl methyl sites for hydroxylation is 1. The number of carbonyl (C=O) groups is 2. The van der Waals surface area contributed by atoms with Crippen LogP contribution >= 0.6 is 0 Å². The van der Waals surface area contributed by atoms with Gasteiger partial charge < -0.3 is 10.6 Å². The second-order valence-corrected chi connectivity index (χ2v) is 10.9. The summed E-state index contributed by atoms with van der Waals surface area (Å²) in [4.78, 5) is 25.9. The Morgan fingerprint density at radius 1 is 1.10 bits per heavy atom. The van der Waals surface area contributed by atoms with Gasteiger partial charge in [-0.05, 0) is 64.5 Å². The Kier molecular flexibility index (Phi) is 8.43. The molecule has 2 N–H and O–H groups in total. The molecule has 0 bridgehead atoms. The molecule has 8 heteroatoms. The van der Waals surface area contributed by atoms with Crippen LogP contribution in [0.3, 0.4) is 0 Å². The maximum absolute atomic E-state index is 13.0. The number of rotatable bonds is 8. The predicted octanol–water partition coefficient (Wildman–Crippen LogP) is 2.46. The number of nitrogens with zero attached hydrogens (tertiary/aromatic N) is 1. The number of amides is 2. The third-order valence-electron chi connectivity index (χ3n) is 5.89. The Hall–Kier alpha value is -1.93. The summed E-state index contributed by atoms with van der Waals surface area (Å²) in [7, 11) is -3.32. The van der Waals surface area contributed by atoms with E-state index >= 15 is 0 Å². The maximum atomic E-state index is 13.0. The zero-order valence-electron chi connectivity index (χ0n) is 18.6. The monoisotopic (exact) mass is 437 g/mol. The summed E-state index contributed by atoms with van der Waals surface area (Å²) >= 11 is 0. The molecule has 2 atom stereocenters. The Balaban J connectivity index is 2.17. The highest BCUT2D eigenvalue weighted by atomic mass is 32.2. The van der Waals surface area contributed by atoms with Crippen molar-refractivity contribution in [3.05, 3.63) is 35.4 Å². The maximum Gasteiger partial charge on any atom is 0.252 e. The fourth-order valence-electron chi connectivity index (χ4n) is 3.64. The summed E-state index contributed by atoms with van der Waals surface area (Å²) in [6.45, 7) is 9.84. The molecule has 168 valence electrons. The van der Waals surface area contributed by atoms with E-state index in [9.17, 15) is 18.0 Å². The fraction of sp³-hybridized carbons (Fsp3) is 0.636. The first-order chi connectivity index (χ1) is 14.1. The summed E-state index contributed by atoms with van der Waals surface area (Å²) < 4.78 is 26.4. The Labute approximate surface area is 180 Å². The molecule has 0 saturated carbocycles. The van der Waals surface area contributed by atoms with Gasteiger partial charge in [-0.3, -0.25) is 9.59 Å². The summed E-state index contributed by atoms with van der Waals surface area (Å²) in [6.07, 6.45) is 1.84. The van der Waals surface area contributed by atoms with Gasteiger partial charge in [0.2, 0.25) is 15.9 Å². The van der Waals surface area contributed by atoms with Crippen molar-refractivity contribution in [1.29, 1.82) is 0 Å².